The smallest absolute Gasteiger partial charge is 0.194 e. The molecular formula is C15H20O2. The molecule has 1 aromatic carbocycles. The van der Waals surface area contributed by atoms with Crippen molar-refractivity contribution in [1.29, 1.82) is 0 Å². The van der Waals surface area contributed by atoms with Gasteiger partial charge in [0.15, 0.2) is 5.78 Å². The Balaban J connectivity index is 2.26. The molecule has 0 heterocycles. The summed E-state index contributed by atoms with van der Waals surface area (Å²) >= 11 is 0. The van der Waals surface area contributed by atoms with Crippen molar-refractivity contribution in [3.05, 3.63) is 35.9 Å². The predicted octanol–water partition coefficient (Wildman–Crippen LogP) is 3.46. The summed E-state index contributed by atoms with van der Waals surface area (Å²) < 4.78 is 5.62. The SMILES string of the molecule is COC1(C(=O)c2ccccc2)CCCC(C)C1. The van der Waals surface area contributed by atoms with Crippen LogP contribution in [-0.4, -0.2) is 18.5 Å². The Morgan fingerprint density at radius 1 is 1.35 bits per heavy atom. The van der Waals surface area contributed by atoms with Gasteiger partial charge in [-0.05, 0) is 25.2 Å². The lowest BCUT2D eigenvalue weighted by Crippen LogP contribution is -2.44. The second-order valence-corrected chi connectivity index (χ2v) is 5.10. The number of hydrogen-bond acceptors (Lipinski definition) is 2. The monoisotopic (exact) mass is 232 g/mol. The number of Topliss-reactive ketones (excluding diaryl/α,β-unsaturated/α-hetero) is 1. The second kappa shape index (κ2) is 5.01. The normalized spacial score (nSPS) is 28.9. The maximum Gasteiger partial charge on any atom is 0.194 e. The minimum Gasteiger partial charge on any atom is -0.370 e. The molecule has 1 aliphatic carbocycles. The number of methoxy groups -OCH3 is 1. The molecule has 0 aromatic heterocycles. The van der Waals surface area contributed by atoms with Crippen molar-refractivity contribution in [3.8, 4) is 0 Å². The van der Waals surface area contributed by atoms with Crippen LogP contribution < -0.4 is 0 Å². The molecule has 1 aromatic rings. The van der Waals surface area contributed by atoms with Crippen LogP contribution in [-0.2, 0) is 4.74 Å². The van der Waals surface area contributed by atoms with Gasteiger partial charge in [-0.15, -0.1) is 0 Å². The molecule has 2 unspecified atom stereocenters. The summed E-state index contributed by atoms with van der Waals surface area (Å²) in [4.78, 5) is 12.6. The van der Waals surface area contributed by atoms with Crippen molar-refractivity contribution in [1.82, 2.24) is 0 Å². The van der Waals surface area contributed by atoms with E-state index in [4.69, 9.17) is 4.74 Å². The molecular weight excluding hydrogens is 212 g/mol. The van der Waals surface area contributed by atoms with Crippen LogP contribution >= 0.6 is 0 Å². The Morgan fingerprint density at radius 3 is 2.65 bits per heavy atom. The average molecular weight is 232 g/mol. The molecule has 92 valence electrons. The van der Waals surface area contributed by atoms with Crippen LogP contribution in [0.3, 0.4) is 0 Å². The molecule has 2 nitrogen and oxygen atoms in total. The van der Waals surface area contributed by atoms with Crippen LogP contribution in [0.15, 0.2) is 30.3 Å². The van der Waals surface area contributed by atoms with Crippen molar-refractivity contribution in [2.45, 2.75) is 38.2 Å². The van der Waals surface area contributed by atoms with Crippen LogP contribution in [0.1, 0.15) is 43.0 Å². The standard InChI is InChI=1S/C15H20O2/c1-12-7-6-10-15(11-12,17-2)14(16)13-8-4-3-5-9-13/h3-5,8-9,12H,6-7,10-11H2,1-2H3. The average Bonchev–Trinajstić information content (AvgIpc) is 2.38. The highest BCUT2D eigenvalue weighted by Crippen LogP contribution is 2.37. The summed E-state index contributed by atoms with van der Waals surface area (Å²) in [6.45, 7) is 2.20. The van der Waals surface area contributed by atoms with Gasteiger partial charge in [0.2, 0.25) is 0 Å². The van der Waals surface area contributed by atoms with Gasteiger partial charge in [0.1, 0.15) is 5.60 Å². The molecule has 1 fully saturated rings. The van der Waals surface area contributed by atoms with Crippen LogP contribution in [0, 0.1) is 5.92 Å². The van der Waals surface area contributed by atoms with E-state index in [0.717, 1.165) is 24.8 Å². The van der Waals surface area contributed by atoms with E-state index in [9.17, 15) is 4.79 Å². The fraction of sp³-hybridized carbons (Fsp3) is 0.533. The van der Waals surface area contributed by atoms with Gasteiger partial charge in [-0.25, -0.2) is 0 Å². The first-order valence-electron chi connectivity index (χ1n) is 6.33. The molecule has 1 aliphatic rings. The molecule has 1 saturated carbocycles. The van der Waals surface area contributed by atoms with E-state index in [1.54, 1.807) is 7.11 Å². The number of hydrogen-bond donors (Lipinski definition) is 0. The quantitative estimate of drug-likeness (QED) is 0.746. The summed E-state index contributed by atoms with van der Waals surface area (Å²) in [5, 5.41) is 0. The lowest BCUT2D eigenvalue weighted by atomic mass is 9.75. The van der Waals surface area contributed by atoms with Crippen molar-refractivity contribution < 1.29 is 9.53 Å². The molecule has 0 amide bonds. The highest BCUT2D eigenvalue weighted by atomic mass is 16.5. The fourth-order valence-corrected chi connectivity index (χ4v) is 2.84. The van der Waals surface area contributed by atoms with E-state index in [1.807, 2.05) is 30.3 Å². The second-order valence-electron chi connectivity index (χ2n) is 5.10. The summed E-state index contributed by atoms with van der Waals surface area (Å²) in [5.74, 6) is 0.712. The predicted molar refractivity (Wildman–Crippen MR) is 68.1 cm³/mol. The van der Waals surface area contributed by atoms with Crippen molar-refractivity contribution in [2.24, 2.45) is 5.92 Å². The minimum absolute atomic E-state index is 0.146. The summed E-state index contributed by atoms with van der Waals surface area (Å²) in [5.41, 5.74) is 0.183. The van der Waals surface area contributed by atoms with E-state index in [1.165, 1.54) is 6.42 Å². The zero-order valence-corrected chi connectivity index (χ0v) is 10.6. The molecule has 0 radical (unpaired) electrons. The zero-order valence-electron chi connectivity index (χ0n) is 10.6. The van der Waals surface area contributed by atoms with Crippen LogP contribution in [0.25, 0.3) is 0 Å². The largest absolute Gasteiger partial charge is 0.370 e. The molecule has 2 atom stereocenters. The number of rotatable bonds is 3. The molecule has 0 N–H and O–H groups in total. The number of benzene rings is 1. The van der Waals surface area contributed by atoms with Gasteiger partial charge >= 0.3 is 0 Å². The summed E-state index contributed by atoms with van der Waals surface area (Å²) in [7, 11) is 1.67. The molecule has 0 bridgehead atoms. The van der Waals surface area contributed by atoms with Crippen LogP contribution in [0.4, 0.5) is 0 Å². The number of ether oxygens (including phenoxy) is 1. The Hall–Kier alpha value is -1.15. The zero-order chi connectivity index (χ0) is 12.3. The minimum atomic E-state index is -0.584. The number of ketones is 1. The number of carbonyl (C=O) groups excluding carboxylic acids is 1. The van der Waals surface area contributed by atoms with Gasteiger partial charge < -0.3 is 4.74 Å². The Labute approximate surface area is 103 Å². The third-order valence-electron chi connectivity index (χ3n) is 3.80. The van der Waals surface area contributed by atoms with Crippen molar-refractivity contribution in [3.63, 3.8) is 0 Å². The van der Waals surface area contributed by atoms with Crippen molar-refractivity contribution in [2.75, 3.05) is 7.11 Å². The first-order valence-corrected chi connectivity index (χ1v) is 6.33. The highest BCUT2D eigenvalue weighted by Gasteiger charge is 2.41. The van der Waals surface area contributed by atoms with Crippen molar-refractivity contribution >= 4 is 5.78 Å². The van der Waals surface area contributed by atoms with Gasteiger partial charge in [0, 0.05) is 12.7 Å². The summed E-state index contributed by atoms with van der Waals surface area (Å²) in [6.07, 6.45) is 3.97. The third-order valence-corrected chi connectivity index (χ3v) is 3.80. The molecule has 17 heavy (non-hydrogen) atoms. The van der Waals surface area contributed by atoms with E-state index in [2.05, 4.69) is 6.92 Å². The Kier molecular flexibility index (Phi) is 3.63. The van der Waals surface area contributed by atoms with Gasteiger partial charge in [-0.2, -0.15) is 0 Å². The van der Waals surface area contributed by atoms with Gasteiger partial charge in [0.05, 0.1) is 0 Å². The molecule has 0 aliphatic heterocycles. The Bertz CT molecular complexity index is 385. The van der Waals surface area contributed by atoms with E-state index in [0.29, 0.717) is 5.92 Å². The maximum atomic E-state index is 12.6. The Morgan fingerprint density at radius 2 is 2.06 bits per heavy atom. The first kappa shape index (κ1) is 12.3. The van der Waals surface area contributed by atoms with Gasteiger partial charge in [-0.3, -0.25) is 4.79 Å². The molecule has 0 spiro atoms. The van der Waals surface area contributed by atoms with Crippen LogP contribution in [0.2, 0.25) is 0 Å². The molecule has 0 saturated heterocycles. The third kappa shape index (κ3) is 2.42. The molecule has 2 rings (SSSR count). The van der Waals surface area contributed by atoms with E-state index >= 15 is 0 Å². The fourth-order valence-electron chi connectivity index (χ4n) is 2.84. The lowest BCUT2D eigenvalue weighted by molar-refractivity contribution is -0.0302. The maximum absolute atomic E-state index is 12.6. The highest BCUT2D eigenvalue weighted by molar-refractivity contribution is 6.02. The first-order chi connectivity index (χ1) is 8.18. The van der Waals surface area contributed by atoms with Crippen LogP contribution in [0.5, 0.6) is 0 Å². The van der Waals surface area contributed by atoms with Gasteiger partial charge in [0.25, 0.3) is 0 Å². The topological polar surface area (TPSA) is 26.3 Å². The molecule has 2 heteroatoms. The summed E-state index contributed by atoms with van der Waals surface area (Å²) in [6, 6.07) is 9.50. The van der Waals surface area contributed by atoms with Gasteiger partial charge in [-0.1, -0.05) is 43.7 Å². The van der Waals surface area contributed by atoms with E-state index < -0.39 is 5.60 Å². The lowest BCUT2D eigenvalue weighted by Gasteiger charge is -2.37. The number of carbonyl (C=O) groups is 1. The van der Waals surface area contributed by atoms with E-state index in [-0.39, 0.29) is 5.78 Å².